The third kappa shape index (κ3) is 3.16. The number of nitrogens with one attached hydrogen (secondary N) is 1. The second kappa shape index (κ2) is 5.85. The SMILES string of the molecule is COc1ccc(CN2CCNC(C)(C3CC3)C2)c(OC)c1. The molecule has 1 heterocycles. The number of nitrogens with zero attached hydrogens (tertiary/aromatic N) is 1. The van der Waals surface area contributed by atoms with Crippen LogP contribution in [0.2, 0.25) is 0 Å². The number of benzene rings is 1. The highest BCUT2D eigenvalue weighted by Gasteiger charge is 2.43. The Labute approximate surface area is 127 Å². The molecule has 1 saturated heterocycles. The predicted octanol–water partition coefficient (Wildman–Crippen LogP) is 2.28. The zero-order valence-electron chi connectivity index (χ0n) is 13.3. The van der Waals surface area contributed by atoms with E-state index in [9.17, 15) is 0 Å². The van der Waals surface area contributed by atoms with Gasteiger partial charge in [0.2, 0.25) is 0 Å². The number of ether oxygens (including phenoxy) is 2. The predicted molar refractivity (Wildman–Crippen MR) is 84.0 cm³/mol. The topological polar surface area (TPSA) is 33.7 Å². The summed E-state index contributed by atoms with van der Waals surface area (Å²) in [6, 6.07) is 6.10. The smallest absolute Gasteiger partial charge is 0.127 e. The van der Waals surface area contributed by atoms with Gasteiger partial charge in [-0.1, -0.05) is 6.07 Å². The van der Waals surface area contributed by atoms with E-state index in [0.717, 1.165) is 43.6 Å². The van der Waals surface area contributed by atoms with Crippen LogP contribution in [0.5, 0.6) is 11.5 Å². The Balaban J connectivity index is 1.71. The minimum Gasteiger partial charge on any atom is -0.497 e. The molecule has 2 fully saturated rings. The van der Waals surface area contributed by atoms with Crippen molar-refractivity contribution in [1.29, 1.82) is 0 Å². The molecule has 1 aromatic carbocycles. The van der Waals surface area contributed by atoms with Crippen LogP contribution in [-0.4, -0.2) is 44.3 Å². The van der Waals surface area contributed by atoms with Crippen LogP contribution in [0.15, 0.2) is 18.2 Å². The van der Waals surface area contributed by atoms with Gasteiger partial charge in [-0.05, 0) is 31.7 Å². The van der Waals surface area contributed by atoms with E-state index in [1.165, 1.54) is 18.4 Å². The van der Waals surface area contributed by atoms with Crippen molar-refractivity contribution in [3.05, 3.63) is 23.8 Å². The summed E-state index contributed by atoms with van der Waals surface area (Å²) in [5.74, 6) is 2.62. The van der Waals surface area contributed by atoms with Gasteiger partial charge in [0.1, 0.15) is 11.5 Å². The number of rotatable bonds is 5. The van der Waals surface area contributed by atoms with Crippen LogP contribution in [0.25, 0.3) is 0 Å². The van der Waals surface area contributed by atoms with Gasteiger partial charge < -0.3 is 14.8 Å². The van der Waals surface area contributed by atoms with Crippen molar-refractivity contribution in [2.75, 3.05) is 33.9 Å². The average molecular weight is 290 g/mol. The zero-order valence-corrected chi connectivity index (χ0v) is 13.3. The molecule has 3 rings (SSSR count). The van der Waals surface area contributed by atoms with E-state index in [-0.39, 0.29) is 5.54 Å². The molecule has 0 aromatic heterocycles. The van der Waals surface area contributed by atoms with Gasteiger partial charge in [0.15, 0.2) is 0 Å². The summed E-state index contributed by atoms with van der Waals surface area (Å²) in [6.45, 7) is 6.61. The Bertz CT molecular complexity index is 502. The van der Waals surface area contributed by atoms with Crippen molar-refractivity contribution >= 4 is 0 Å². The van der Waals surface area contributed by atoms with E-state index < -0.39 is 0 Å². The molecule has 4 nitrogen and oxygen atoms in total. The van der Waals surface area contributed by atoms with Gasteiger partial charge >= 0.3 is 0 Å². The van der Waals surface area contributed by atoms with Gasteiger partial charge in [0.25, 0.3) is 0 Å². The number of piperazine rings is 1. The lowest BCUT2D eigenvalue weighted by molar-refractivity contribution is 0.120. The first kappa shape index (κ1) is 14.7. The molecule has 1 atom stereocenters. The van der Waals surface area contributed by atoms with Crippen LogP contribution < -0.4 is 14.8 Å². The molecule has 1 aromatic rings. The van der Waals surface area contributed by atoms with E-state index in [1.807, 2.05) is 12.1 Å². The average Bonchev–Trinajstić information content (AvgIpc) is 3.33. The molecule has 0 bridgehead atoms. The second-order valence-electron chi connectivity index (χ2n) is 6.51. The van der Waals surface area contributed by atoms with Gasteiger partial charge in [-0.3, -0.25) is 4.90 Å². The Morgan fingerprint density at radius 1 is 1.29 bits per heavy atom. The van der Waals surface area contributed by atoms with Crippen molar-refractivity contribution in [1.82, 2.24) is 10.2 Å². The summed E-state index contributed by atoms with van der Waals surface area (Å²) in [4.78, 5) is 2.54. The van der Waals surface area contributed by atoms with Gasteiger partial charge in [-0.2, -0.15) is 0 Å². The maximum atomic E-state index is 5.52. The van der Waals surface area contributed by atoms with Crippen LogP contribution >= 0.6 is 0 Å². The summed E-state index contributed by atoms with van der Waals surface area (Å²) >= 11 is 0. The minimum atomic E-state index is 0.290. The molecule has 1 saturated carbocycles. The van der Waals surface area contributed by atoms with Crippen LogP contribution in [0, 0.1) is 5.92 Å². The number of hydrogen-bond acceptors (Lipinski definition) is 4. The monoisotopic (exact) mass is 290 g/mol. The third-order valence-corrected chi connectivity index (χ3v) is 4.88. The normalized spacial score (nSPS) is 26.6. The quantitative estimate of drug-likeness (QED) is 0.902. The first-order chi connectivity index (χ1) is 10.1. The van der Waals surface area contributed by atoms with Crippen LogP contribution in [0.3, 0.4) is 0 Å². The molecule has 4 heteroatoms. The Morgan fingerprint density at radius 3 is 2.76 bits per heavy atom. The fourth-order valence-corrected chi connectivity index (χ4v) is 3.45. The largest absolute Gasteiger partial charge is 0.497 e. The summed E-state index contributed by atoms with van der Waals surface area (Å²) in [6.07, 6.45) is 2.76. The van der Waals surface area contributed by atoms with E-state index >= 15 is 0 Å². The fraction of sp³-hybridized carbons (Fsp3) is 0.647. The van der Waals surface area contributed by atoms with Crippen LogP contribution in [0.4, 0.5) is 0 Å². The maximum Gasteiger partial charge on any atom is 0.127 e. The highest BCUT2D eigenvalue weighted by molar-refractivity contribution is 5.40. The highest BCUT2D eigenvalue weighted by atomic mass is 16.5. The standard InChI is InChI=1S/C17H26N2O2/c1-17(14-5-6-14)12-19(9-8-18-17)11-13-4-7-15(20-2)10-16(13)21-3/h4,7,10,14,18H,5-6,8-9,11-12H2,1-3H3. The maximum absolute atomic E-state index is 5.52. The summed E-state index contributed by atoms with van der Waals surface area (Å²) in [5, 5.41) is 3.73. The van der Waals surface area contributed by atoms with Crippen molar-refractivity contribution in [3.63, 3.8) is 0 Å². The molecule has 0 amide bonds. The molecule has 2 aliphatic rings. The number of hydrogen-bond donors (Lipinski definition) is 1. The van der Waals surface area contributed by atoms with Gasteiger partial charge in [0, 0.05) is 43.3 Å². The molecular weight excluding hydrogens is 264 g/mol. The van der Waals surface area contributed by atoms with Crippen molar-refractivity contribution in [2.45, 2.75) is 31.8 Å². The molecule has 116 valence electrons. The molecule has 21 heavy (non-hydrogen) atoms. The Morgan fingerprint density at radius 2 is 2.10 bits per heavy atom. The molecule has 1 unspecified atom stereocenters. The van der Waals surface area contributed by atoms with E-state index in [0.29, 0.717) is 0 Å². The van der Waals surface area contributed by atoms with Gasteiger partial charge in [-0.25, -0.2) is 0 Å². The first-order valence-corrected chi connectivity index (χ1v) is 7.83. The lowest BCUT2D eigenvalue weighted by atomic mass is 9.92. The molecule has 1 aliphatic carbocycles. The summed E-state index contributed by atoms with van der Waals surface area (Å²) in [5.41, 5.74) is 1.52. The lowest BCUT2D eigenvalue weighted by Gasteiger charge is -2.42. The lowest BCUT2D eigenvalue weighted by Crippen LogP contribution is -2.59. The molecule has 1 N–H and O–H groups in total. The van der Waals surface area contributed by atoms with E-state index in [4.69, 9.17) is 9.47 Å². The van der Waals surface area contributed by atoms with E-state index in [1.54, 1.807) is 14.2 Å². The van der Waals surface area contributed by atoms with Crippen molar-refractivity contribution < 1.29 is 9.47 Å². The molecular formula is C17H26N2O2. The summed E-state index contributed by atoms with van der Waals surface area (Å²) in [7, 11) is 3.41. The summed E-state index contributed by atoms with van der Waals surface area (Å²) < 4.78 is 10.8. The van der Waals surface area contributed by atoms with Gasteiger partial charge in [0.05, 0.1) is 14.2 Å². The van der Waals surface area contributed by atoms with Crippen LogP contribution in [-0.2, 0) is 6.54 Å². The third-order valence-electron chi connectivity index (χ3n) is 4.88. The Hall–Kier alpha value is -1.26. The Kier molecular flexibility index (Phi) is 4.09. The van der Waals surface area contributed by atoms with Gasteiger partial charge in [-0.15, -0.1) is 0 Å². The minimum absolute atomic E-state index is 0.290. The fourth-order valence-electron chi connectivity index (χ4n) is 3.45. The number of methoxy groups -OCH3 is 2. The molecule has 1 aliphatic heterocycles. The first-order valence-electron chi connectivity index (χ1n) is 7.83. The van der Waals surface area contributed by atoms with Crippen molar-refractivity contribution in [2.24, 2.45) is 5.92 Å². The van der Waals surface area contributed by atoms with Crippen LogP contribution in [0.1, 0.15) is 25.3 Å². The van der Waals surface area contributed by atoms with E-state index in [2.05, 4.69) is 23.2 Å². The second-order valence-corrected chi connectivity index (χ2v) is 6.51. The molecule has 0 spiro atoms. The molecule has 0 radical (unpaired) electrons. The zero-order chi connectivity index (χ0) is 14.9. The van der Waals surface area contributed by atoms with Crippen molar-refractivity contribution in [3.8, 4) is 11.5 Å². The highest BCUT2D eigenvalue weighted by Crippen LogP contribution is 2.41.